The quantitative estimate of drug-likeness (QED) is 0.623. The Morgan fingerprint density at radius 3 is 2.24 bits per heavy atom. The number of hydrogen-bond donors (Lipinski definition) is 0. The molecular weight excluding hydrogens is 402 g/mol. The molecule has 0 aliphatic carbocycles. The summed E-state index contributed by atoms with van der Waals surface area (Å²) in [6.45, 7) is -0.266. The molecule has 0 aliphatic rings. The lowest BCUT2D eigenvalue weighted by Gasteiger charge is -2.35. The van der Waals surface area contributed by atoms with Gasteiger partial charge in [-0.05, 0) is 24.6 Å². The van der Waals surface area contributed by atoms with E-state index in [4.69, 9.17) is 10.5 Å². The maximum absolute atomic E-state index is 13.2. The van der Waals surface area contributed by atoms with Crippen molar-refractivity contribution in [1.82, 2.24) is 4.90 Å². The van der Waals surface area contributed by atoms with Gasteiger partial charge in [0.1, 0.15) is 12.6 Å². The molecule has 1 aromatic carbocycles. The van der Waals surface area contributed by atoms with Gasteiger partial charge in [0.15, 0.2) is 0 Å². The SMILES string of the molecule is CC[C@H](C(=O)N(C)CCC#N)N(CC(F)(F)F)c1ccc(C#N)c(C(F)(F)F)c1. The molecule has 0 saturated heterocycles. The number of rotatable bonds is 7. The van der Waals surface area contributed by atoms with Gasteiger partial charge in [0.2, 0.25) is 5.91 Å². The molecule has 0 spiro atoms. The summed E-state index contributed by atoms with van der Waals surface area (Å²) < 4.78 is 79.1. The molecule has 1 atom stereocenters. The number of halogens is 6. The first-order valence-corrected chi connectivity index (χ1v) is 8.42. The number of alkyl halides is 6. The average molecular weight is 420 g/mol. The number of amides is 1. The second kappa shape index (κ2) is 9.50. The Bertz CT molecular complexity index is 807. The Balaban J connectivity index is 3.47. The van der Waals surface area contributed by atoms with Crippen LogP contribution in [0.3, 0.4) is 0 Å². The van der Waals surface area contributed by atoms with Crippen LogP contribution in [0.15, 0.2) is 18.2 Å². The van der Waals surface area contributed by atoms with Gasteiger partial charge in [-0.15, -0.1) is 0 Å². The molecule has 1 amide bonds. The molecule has 0 aliphatic heterocycles. The van der Waals surface area contributed by atoms with E-state index in [0.717, 1.165) is 17.0 Å². The summed E-state index contributed by atoms with van der Waals surface area (Å²) >= 11 is 0. The molecule has 29 heavy (non-hydrogen) atoms. The van der Waals surface area contributed by atoms with Crippen molar-refractivity contribution in [3.63, 3.8) is 0 Å². The number of nitrogens with zero attached hydrogens (tertiary/aromatic N) is 4. The summed E-state index contributed by atoms with van der Waals surface area (Å²) in [5.41, 5.74) is -2.61. The lowest BCUT2D eigenvalue weighted by Crippen LogP contribution is -2.50. The van der Waals surface area contributed by atoms with Crippen molar-refractivity contribution in [3.05, 3.63) is 29.3 Å². The zero-order chi connectivity index (χ0) is 22.4. The molecule has 11 heteroatoms. The van der Waals surface area contributed by atoms with E-state index in [1.807, 2.05) is 0 Å². The van der Waals surface area contributed by atoms with Crippen molar-refractivity contribution < 1.29 is 31.1 Å². The maximum atomic E-state index is 13.2. The molecule has 0 heterocycles. The van der Waals surface area contributed by atoms with Crippen molar-refractivity contribution in [2.24, 2.45) is 0 Å². The van der Waals surface area contributed by atoms with Gasteiger partial charge in [0.25, 0.3) is 0 Å². The van der Waals surface area contributed by atoms with E-state index in [-0.39, 0.29) is 19.4 Å². The van der Waals surface area contributed by atoms with Crippen LogP contribution < -0.4 is 4.90 Å². The number of carbonyl (C=O) groups excluding carboxylic acids is 1. The van der Waals surface area contributed by atoms with Gasteiger partial charge in [0.05, 0.1) is 29.7 Å². The Labute approximate surface area is 163 Å². The first-order valence-electron chi connectivity index (χ1n) is 8.42. The summed E-state index contributed by atoms with van der Waals surface area (Å²) in [5.74, 6) is -0.759. The fourth-order valence-electron chi connectivity index (χ4n) is 2.73. The lowest BCUT2D eigenvalue weighted by atomic mass is 10.0. The van der Waals surface area contributed by atoms with Crippen LogP contribution in [0.1, 0.15) is 30.9 Å². The van der Waals surface area contributed by atoms with E-state index in [0.29, 0.717) is 11.0 Å². The molecule has 0 radical (unpaired) electrons. The Morgan fingerprint density at radius 1 is 1.17 bits per heavy atom. The molecule has 0 N–H and O–H groups in total. The molecule has 1 rings (SSSR count). The van der Waals surface area contributed by atoms with Crippen LogP contribution in [-0.4, -0.2) is 43.2 Å². The van der Waals surface area contributed by atoms with E-state index in [1.54, 1.807) is 6.07 Å². The summed E-state index contributed by atoms with van der Waals surface area (Å²) in [6.07, 6.45) is -9.92. The van der Waals surface area contributed by atoms with E-state index >= 15 is 0 Å². The van der Waals surface area contributed by atoms with Crippen molar-refractivity contribution in [2.45, 2.75) is 38.2 Å². The Morgan fingerprint density at radius 2 is 1.79 bits per heavy atom. The second-order valence-electron chi connectivity index (χ2n) is 6.17. The first kappa shape index (κ1) is 24.1. The summed E-state index contributed by atoms with van der Waals surface area (Å²) in [6, 6.07) is 3.92. The zero-order valence-electron chi connectivity index (χ0n) is 15.6. The van der Waals surface area contributed by atoms with Gasteiger partial charge in [-0.25, -0.2) is 0 Å². The summed E-state index contributed by atoms with van der Waals surface area (Å²) in [7, 11) is 1.30. The number of anilines is 1. The highest BCUT2D eigenvalue weighted by molar-refractivity contribution is 5.85. The number of nitriles is 2. The van der Waals surface area contributed by atoms with E-state index in [2.05, 4.69) is 0 Å². The van der Waals surface area contributed by atoms with Gasteiger partial charge in [-0.3, -0.25) is 4.79 Å². The van der Waals surface area contributed by atoms with Crippen molar-refractivity contribution >= 4 is 11.6 Å². The highest BCUT2D eigenvalue weighted by Gasteiger charge is 2.39. The number of benzene rings is 1. The molecule has 1 aromatic rings. The minimum Gasteiger partial charge on any atom is -0.350 e. The minimum absolute atomic E-state index is 0.0349. The zero-order valence-corrected chi connectivity index (χ0v) is 15.6. The van der Waals surface area contributed by atoms with Crippen LogP contribution in [0.4, 0.5) is 32.0 Å². The average Bonchev–Trinajstić information content (AvgIpc) is 2.63. The highest BCUT2D eigenvalue weighted by Crippen LogP contribution is 2.36. The summed E-state index contributed by atoms with van der Waals surface area (Å²) in [5, 5.41) is 17.5. The topological polar surface area (TPSA) is 71.1 Å². The fraction of sp³-hybridized carbons (Fsp3) is 0.500. The van der Waals surface area contributed by atoms with E-state index in [1.165, 1.54) is 20.0 Å². The smallest absolute Gasteiger partial charge is 0.350 e. The van der Waals surface area contributed by atoms with Crippen LogP contribution in [0.25, 0.3) is 0 Å². The van der Waals surface area contributed by atoms with Crippen molar-refractivity contribution in [1.29, 1.82) is 10.5 Å². The largest absolute Gasteiger partial charge is 0.417 e. The standard InChI is InChI=1S/C18H18F6N4O/c1-3-15(16(29)27(2)8-4-7-25)28(11-17(19,20)21)13-6-5-12(10-26)14(9-13)18(22,23)24/h5-6,9,15H,3-4,8,11H2,1-2H3/t15-/m1/s1. The molecule has 0 fully saturated rings. The van der Waals surface area contributed by atoms with Gasteiger partial charge < -0.3 is 9.80 Å². The number of carbonyl (C=O) groups is 1. The van der Waals surface area contributed by atoms with Gasteiger partial charge >= 0.3 is 12.4 Å². The molecule has 5 nitrogen and oxygen atoms in total. The Kier molecular flexibility index (Phi) is 7.89. The monoisotopic (exact) mass is 420 g/mol. The van der Waals surface area contributed by atoms with Gasteiger partial charge in [-0.1, -0.05) is 6.92 Å². The maximum Gasteiger partial charge on any atom is 0.417 e. The Hall–Kier alpha value is -2.95. The van der Waals surface area contributed by atoms with Crippen LogP contribution >= 0.6 is 0 Å². The normalized spacial score (nSPS) is 12.6. The third kappa shape index (κ3) is 6.56. The van der Waals surface area contributed by atoms with Gasteiger partial charge in [0, 0.05) is 19.3 Å². The highest BCUT2D eigenvalue weighted by atomic mass is 19.4. The molecule has 0 aromatic heterocycles. The van der Waals surface area contributed by atoms with Crippen molar-refractivity contribution in [2.75, 3.05) is 25.0 Å². The molecular formula is C18H18F6N4O. The van der Waals surface area contributed by atoms with Crippen molar-refractivity contribution in [3.8, 4) is 12.1 Å². The van der Waals surface area contributed by atoms with E-state index in [9.17, 15) is 31.1 Å². The number of likely N-dealkylation sites (N-methyl/N-ethyl adjacent to an activating group) is 1. The predicted molar refractivity (Wildman–Crippen MR) is 91.5 cm³/mol. The second-order valence-corrected chi connectivity index (χ2v) is 6.17. The third-order valence-corrected chi connectivity index (χ3v) is 4.09. The van der Waals surface area contributed by atoms with Gasteiger partial charge in [-0.2, -0.15) is 36.9 Å². The minimum atomic E-state index is -4.96. The molecule has 0 unspecified atom stereocenters. The van der Waals surface area contributed by atoms with Crippen LogP contribution in [-0.2, 0) is 11.0 Å². The molecule has 0 saturated carbocycles. The van der Waals surface area contributed by atoms with Crippen LogP contribution in [0.2, 0.25) is 0 Å². The van der Waals surface area contributed by atoms with Crippen LogP contribution in [0.5, 0.6) is 0 Å². The molecule has 158 valence electrons. The molecule has 0 bridgehead atoms. The number of hydrogen-bond acceptors (Lipinski definition) is 4. The van der Waals surface area contributed by atoms with Crippen LogP contribution in [0, 0.1) is 22.7 Å². The third-order valence-electron chi connectivity index (χ3n) is 4.09. The van der Waals surface area contributed by atoms with E-state index < -0.39 is 47.7 Å². The first-order chi connectivity index (χ1) is 13.4. The fourth-order valence-corrected chi connectivity index (χ4v) is 2.73. The summed E-state index contributed by atoms with van der Waals surface area (Å²) in [4.78, 5) is 14.2. The lowest BCUT2D eigenvalue weighted by molar-refractivity contribution is -0.137. The predicted octanol–water partition coefficient (Wildman–Crippen LogP) is 4.10.